The first kappa shape index (κ1) is 22.2. The van der Waals surface area contributed by atoms with Crippen molar-refractivity contribution in [3.05, 3.63) is 82.9 Å². The van der Waals surface area contributed by atoms with Gasteiger partial charge < -0.3 is 20.1 Å². The Morgan fingerprint density at radius 2 is 1.77 bits per heavy atom. The van der Waals surface area contributed by atoms with Crippen molar-refractivity contribution in [1.82, 2.24) is 0 Å². The van der Waals surface area contributed by atoms with Crippen LogP contribution in [0.5, 0.6) is 11.5 Å². The van der Waals surface area contributed by atoms with Crippen molar-refractivity contribution in [2.45, 2.75) is 13.3 Å². The van der Waals surface area contributed by atoms with Crippen LogP contribution in [0.1, 0.15) is 22.8 Å². The number of ether oxygens (including phenoxy) is 2. The lowest BCUT2D eigenvalue weighted by Gasteiger charge is -2.13. The summed E-state index contributed by atoms with van der Waals surface area (Å²) in [4.78, 5) is 24.2. The van der Waals surface area contributed by atoms with E-state index in [1.807, 2.05) is 30.3 Å². The Hall–Kier alpha value is -3.51. The predicted octanol–water partition coefficient (Wildman–Crippen LogP) is 5.18. The zero-order chi connectivity index (χ0) is 22.2. The van der Waals surface area contributed by atoms with Gasteiger partial charge in [0, 0.05) is 30.1 Å². The average molecular weight is 439 g/mol. The number of amides is 2. The molecule has 0 aliphatic rings. The number of carbonyl (C=O) groups is 2. The highest BCUT2D eigenvalue weighted by atomic mass is 35.5. The number of para-hydroxylation sites is 1. The van der Waals surface area contributed by atoms with E-state index in [1.54, 1.807) is 37.4 Å². The zero-order valence-electron chi connectivity index (χ0n) is 17.3. The summed E-state index contributed by atoms with van der Waals surface area (Å²) < 4.78 is 11.2. The molecule has 0 fully saturated rings. The minimum atomic E-state index is -0.391. The Kier molecular flexibility index (Phi) is 7.51. The Morgan fingerprint density at radius 1 is 0.968 bits per heavy atom. The van der Waals surface area contributed by atoms with Gasteiger partial charge >= 0.3 is 0 Å². The van der Waals surface area contributed by atoms with Crippen LogP contribution in [-0.4, -0.2) is 25.5 Å². The molecule has 31 heavy (non-hydrogen) atoms. The van der Waals surface area contributed by atoms with Gasteiger partial charge in [0.15, 0.2) is 0 Å². The van der Waals surface area contributed by atoms with Crippen LogP contribution in [0.2, 0.25) is 5.02 Å². The standard InChI is InChI=1S/C24H23ClN2O4/c1-16(28)26-22-11-10-18(25)14-21(22)24(29)27-19-7-5-8-20(15-19)31-13-12-17-6-3-4-9-23(17)30-2/h3-11,14-15H,12-13H2,1-2H3,(H,26,28)(H,27,29). The lowest BCUT2D eigenvalue weighted by molar-refractivity contribution is -0.114. The first-order valence-corrected chi connectivity index (χ1v) is 10.1. The number of carbonyl (C=O) groups excluding carboxylic acids is 2. The summed E-state index contributed by atoms with van der Waals surface area (Å²) in [5.74, 6) is 0.781. The molecule has 160 valence electrons. The second kappa shape index (κ2) is 10.5. The van der Waals surface area contributed by atoms with Gasteiger partial charge in [-0.1, -0.05) is 35.9 Å². The molecule has 2 N–H and O–H groups in total. The molecule has 0 aromatic heterocycles. The van der Waals surface area contributed by atoms with E-state index in [0.29, 0.717) is 35.2 Å². The number of benzene rings is 3. The normalized spacial score (nSPS) is 10.3. The van der Waals surface area contributed by atoms with Crippen LogP contribution in [0.3, 0.4) is 0 Å². The van der Waals surface area contributed by atoms with Crippen molar-refractivity contribution >= 4 is 34.8 Å². The lowest BCUT2D eigenvalue weighted by Crippen LogP contribution is -2.16. The summed E-state index contributed by atoms with van der Waals surface area (Å²) in [5.41, 5.74) is 2.28. The number of methoxy groups -OCH3 is 1. The minimum Gasteiger partial charge on any atom is -0.496 e. The van der Waals surface area contributed by atoms with E-state index in [9.17, 15) is 9.59 Å². The van der Waals surface area contributed by atoms with Crippen molar-refractivity contribution in [3.8, 4) is 11.5 Å². The van der Waals surface area contributed by atoms with E-state index in [2.05, 4.69) is 10.6 Å². The molecule has 0 heterocycles. The van der Waals surface area contributed by atoms with Crippen LogP contribution in [-0.2, 0) is 11.2 Å². The molecule has 7 heteroatoms. The summed E-state index contributed by atoms with van der Waals surface area (Å²) in [7, 11) is 1.64. The van der Waals surface area contributed by atoms with Crippen molar-refractivity contribution in [1.29, 1.82) is 0 Å². The van der Waals surface area contributed by atoms with Crippen molar-refractivity contribution in [2.75, 3.05) is 24.4 Å². The number of hydrogen-bond acceptors (Lipinski definition) is 4. The molecule has 0 spiro atoms. The third-order valence-electron chi connectivity index (χ3n) is 4.46. The topological polar surface area (TPSA) is 76.7 Å². The molecule has 0 saturated carbocycles. The largest absolute Gasteiger partial charge is 0.496 e. The summed E-state index contributed by atoms with van der Waals surface area (Å²) in [6.07, 6.45) is 0.684. The van der Waals surface area contributed by atoms with E-state index < -0.39 is 5.91 Å². The quantitative estimate of drug-likeness (QED) is 0.508. The minimum absolute atomic E-state index is 0.269. The van der Waals surface area contributed by atoms with Gasteiger partial charge in [0.2, 0.25) is 5.91 Å². The number of hydrogen-bond donors (Lipinski definition) is 2. The fourth-order valence-electron chi connectivity index (χ4n) is 3.05. The fourth-order valence-corrected chi connectivity index (χ4v) is 3.23. The Balaban J connectivity index is 1.66. The highest BCUT2D eigenvalue weighted by molar-refractivity contribution is 6.31. The van der Waals surface area contributed by atoms with Gasteiger partial charge in [0.25, 0.3) is 5.91 Å². The molecule has 0 bridgehead atoms. The van der Waals surface area contributed by atoms with E-state index in [0.717, 1.165) is 11.3 Å². The molecule has 0 aliphatic heterocycles. The monoisotopic (exact) mass is 438 g/mol. The van der Waals surface area contributed by atoms with Crippen molar-refractivity contribution < 1.29 is 19.1 Å². The first-order chi connectivity index (χ1) is 15.0. The van der Waals surface area contributed by atoms with Gasteiger partial charge in [-0.25, -0.2) is 0 Å². The number of nitrogens with one attached hydrogen (secondary N) is 2. The number of rotatable bonds is 8. The molecule has 2 amide bonds. The highest BCUT2D eigenvalue weighted by Crippen LogP contribution is 2.24. The highest BCUT2D eigenvalue weighted by Gasteiger charge is 2.14. The molecule has 0 saturated heterocycles. The summed E-state index contributed by atoms with van der Waals surface area (Å²) in [5, 5.41) is 5.85. The maximum Gasteiger partial charge on any atom is 0.257 e. The predicted molar refractivity (Wildman–Crippen MR) is 122 cm³/mol. The van der Waals surface area contributed by atoms with Crippen LogP contribution >= 0.6 is 11.6 Å². The fraction of sp³-hybridized carbons (Fsp3) is 0.167. The van der Waals surface area contributed by atoms with Gasteiger partial charge in [-0.05, 0) is 42.0 Å². The molecular formula is C24H23ClN2O4. The Bertz CT molecular complexity index is 1080. The Morgan fingerprint density at radius 3 is 2.55 bits per heavy atom. The second-order valence-electron chi connectivity index (χ2n) is 6.76. The van der Waals surface area contributed by atoms with Gasteiger partial charge in [-0.2, -0.15) is 0 Å². The van der Waals surface area contributed by atoms with E-state index in [-0.39, 0.29) is 11.5 Å². The molecular weight excluding hydrogens is 416 g/mol. The summed E-state index contributed by atoms with van der Waals surface area (Å²) in [6.45, 7) is 1.83. The van der Waals surface area contributed by atoms with Crippen LogP contribution in [0.4, 0.5) is 11.4 Å². The second-order valence-corrected chi connectivity index (χ2v) is 7.20. The lowest BCUT2D eigenvalue weighted by atomic mass is 10.1. The van der Waals surface area contributed by atoms with Crippen LogP contribution in [0.25, 0.3) is 0 Å². The van der Waals surface area contributed by atoms with Crippen molar-refractivity contribution in [2.24, 2.45) is 0 Å². The molecule has 3 aromatic carbocycles. The van der Waals surface area contributed by atoms with Crippen molar-refractivity contribution in [3.63, 3.8) is 0 Å². The van der Waals surface area contributed by atoms with Gasteiger partial charge in [0.05, 0.1) is 25.0 Å². The van der Waals surface area contributed by atoms with E-state index >= 15 is 0 Å². The van der Waals surface area contributed by atoms with Crippen LogP contribution in [0.15, 0.2) is 66.7 Å². The average Bonchev–Trinajstić information content (AvgIpc) is 2.75. The zero-order valence-corrected chi connectivity index (χ0v) is 18.0. The van der Waals surface area contributed by atoms with Gasteiger partial charge in [-0.15, -0.1) is 0 Å². The molecule has 6 nitrogen and oxygen atoms in total. The molecule has 3 aromatic rings. The maximum absolute atomic E-state index is 12.8. The number of anilines is 2. The van der Waals surface area contributed by atoms with Gasteiger partial charge in [0.1, 0.15) is 11.5 Å². The van der Waals surface area contributed by atoms with Crippen LogP contribution < -0.4 is 20.1 Å². The summed E-state index contributed by atoms with van der Waals surface area (Å²) >= 11 is 6.03. The third-order valence-corrected chi connectivity index (χ3v) is 4.70. The first-order valence-electron chi connectivity index (χ1n) is 9.69. The SMILES string of the molecule is COc1ccccc1CCOc1cccc(NC(=O)c2cc(Cl)ccc2NC(C)=O)c1. The van der Waals surface area contributed by atoms with E-state index in [1.165, 1.54) is 13.0 Å². The molecule has 0 aliphatic carbocycles. The number of halogens is 1. The Labute approximate surface area is 186 Å². The molecule has 0 radical (unpaired) electrons. The van der Waals surface area contributed by atoms with Gasteiger partial charge in [-0.3, -0.25) is 9.59 Å². The van der Waals surface area contributed by atoms with Crippen LogP contribution in [0, 0.1) is 0 Å². The molecule has 3 rings (SSSR count). The summed E-state index contributed by atoms with van der Waals surface area (Å²) in [6, 6.07) is 19.6. The third kappa shape index (κ3) is 6.23. The molecule has 0 unspecified atom stereocenters. The van der Waals surface area contributed by atoms with E-state index in [4.69, 9.17) is 21.1 Å². The maximum atomic E-state index is 12.8. The molecule has 0 atom stereocenters. The smallest absolute Gasteiger partial charge is 0.257 e.